The van der Waals surface area contributed by atoms with Gasteiger partial charge in [-0.1, -0.05) is 26.0 Å². The highest BCUT2D eigenvalue weighted by molar-refractivity contribution is 7.09. The van der Waals surface area contributed by atoms with E-state index in [0.717, 1.165) is 17.0 Å². The lowest BCUT2D eigenvalue weighted by Crippen LogP contribution is -2.61. The number of rotatable bonds is 7. The molecule has 0 aliphatic heterocycles. The monoisotopic (exact) mass is 568 g/mol. The Labute approximate surface area is 229 Å². The third kappa shape index (κ3) is 6.25. The summed E-state index contributed by atoms with van der Waals surface area (Å²) in [6, 6.07) is 8.15. The maximum atomic E-state index is 13.1. The first kappa shape index (κ1) is 29.4. The molecular weight excluding hydrogens is 533 g/mol. The van der Waals surface area contributed by atoms with Crippen molar-refractivity contribution in [1.82, 2.24) is 5.32 Å². The van der Waals surface area contributed by atoms with Gasteiger partial charge in [0, 0.05) is 22.4 Å². The minimum atomic E-state index is -4.55. The van der Waals surface area contributed by atoms with Gasteiger partial charge in [0.05, 0.1) is 24.8 Å². The molecule has 4 N–H and O–H groups in total. The summed E-state index contributed by atoms with van der Waals surface area (Å²) in [4.78, 5) is 26.6. The second kappa shape index (κ2) is 11.5. The molecule has 2 aromatic rings. The Kier molecular flexibility index (Phi) is 8.63. The Balaban J connectivity index is 1.45. The highest BCUT2D eigenvalue weighted by Gasteiger charge is 2.60. The number of ether oxygens (including phenoxy) is 1. The summed E-state index contributed by atoms with van der Waals surface area (Å²) < 4.78 is 44.9. The van der Waals surface area contributed by atoms with Crippen molar-refractivity contribution in [3.63, 3.8) is 0 Å². The third-order valence-corrected chi connectivity index (χ3v) is 9.68. The summed E-state index contributed by atoms with van der Waals surface area (Å²) in [7, 11) is 0. The number of amides is 2. The summed E-state index contributed by atoms with van der Waals surface area (Å²) in [5.74, 6) is -0.655. The molecular formula is C28H35F3N2O5S. The van der Waals surface area contributed by atoms with Gasteiger partial charge in [-0.25, -0.2) is 4.79 Å². The van der Waals surface area contributed by atoms with Crippen molar-refractivity contribution in [2.45, 2.75) is 70.9 Å². The Morgan fingerprint density at radius 1 is 1.15 bits per heavy atom. The molecule has 0 spiro atoms. The molecule has 2 saturated carbocycles. The van der Waals surface area contributed by atoms with Crippen LogP contribution in [0.1, 0.15) is 56.4 Å². The molecule has 0 bridgehead atoms. The Hall–Kier alpha value is -2.63. The summed E-state index contributed by atoms with van der Waals surface area (Å²) in [5.41, 5.74) is -2.30. The van der Waals surface area contributed by atoms with Crippen molar-refractivity contribution in [3.05, 3.63) is 52.2 Å². The predicted molar refractivity (Wildman–Crippen MR) is 141 cm³/mol. The van der Waals surface area contributed by atoms with E-state index in [-0.39, 0.29) is 36.5 Å². The average Bonchev–Trinajstić information content (AvgIpc) is 3.40. The highest BCUT2D eigenvalue weighted by atomic mass is 32.1. The molecule has 7 nitrogen and oxygen atoms in total. The van der Waals surface area contributed by atoms with E-state index < -0.39 is 40.9 Å². The Morgan fingerprint density at radius 2 is 1.92 bits per heavy atom. The van der Waals surface area contributed by atoms with Gasteiger partial charge in [-0.15, -0.1) is 11.3 Å². The maximum absolute atomic E-state index is 13.1. The minimum Gasteiger partial charge on any atom is -0.445 e. The van der Waals surface area contributed by atoms with E-state index in [1.165, 1.54) is 12.1 Å². The molecule has 1 aromatic heterocycles. The van der Waals surface area contributed by atoms with Crippen molar-refractivity contribution in [1.29, 1.82) is 0 Å². The van der Waals surface area contributed by atoms with Crippen LogP contribution in [0, 0.1) is 22.7 Å². The van der Waals surface area contributed by atoms with Crippen LogP contribution in [-0.4, -0.2) is 41.0 Å². The number of aliphatic hydroxyl groups excluding tert-OH is 2. The number of halogens is 3. The van der Waals surface area contributed by atoms with E-state index in [1.807, 2.05) is 31.4 Å². The molecule has 0 saturated heterocycles. The minimum absolute atomic E-state index is 0.0458. The van der Waals surface area contributed by atoms with Crippen LogP contribution in [-0.2, 0) is 22.3 Å². The van der Waals surface area contributed by atoms with Crippen LogP contribution in [0.15, 0.2) is 41.8 Å². The average molecular weight is 569 g/mol. The number of anilines is 1. The van der Waals surface area contributed by atoms with Gasteiger partial charge < -0.3 is 20.3 Å². The quantitative estimate of drug-likeness (QED) is 0.349. The fraction of sp³-hybridized carbons (Fsp3) is 0.571. The molecule has 2 fully saturated rings. The van der Waals surface area contributed by atoms with Gasteiger partial charge in [-0.05, 0) is 72.6 Å². The van der Waals surface area contributed by atoms with Crippen molar-refractivity contribution in [3.8, 4) is 0 Å². The molecule has 39 heavy (non-hydrogen) atoms. The number of nitrogens with one attached hydrogen (secondary N) is 2. The van der Waals surface area contributed by atoms with E-state index in [1.54, 1.807) is 11.3 Å². The van der Waals surface area contributed by atoms with Crippen LogP contribution in [0.4, 0.5) is 23.7 Å². The molecule has 2 aliphatic rings. The lowest BCUT2D eigenvalue weighted by Gasteiger charge is -2.60. The molecule has 1 heterocycles. The number of thiophene rings is 1. The number of hydrogen-bond acceptors (Lipinski definition) is 6. The van der Waals surface area contributed by atoms with E-state index in [4.69, 9.17) is 4.74 Å². The second-order valence-corrected chi connectivity index (χ2v) is 12.2. The van der Waals surface area contributed by atoms with Gasteiger partial charge in [0.25, 0.3) is 0 Å². The van der Waals surface area contributed by atoms with Crippen LogP contribution in [0.25, 0.3) is 0 Å². The van der Waals surface area contributed by atoms with Crippen LogP contribution >= 0.6 is 11.3 Å². The first-order valence-electron chi connectivity index (χ1n) is 13.1. The van der Waals surface area contributed by atoms with Crippen LogP contribution < -0.4 is 10.6 Å². The zero-order valence-corrected chi connectivity index (χ0v) is 22.8. The van der Waals surface area contributed by atoms with Gasteiger partial charge in [0.15, 0.2) is 0 Å². The van der Waals surface area contributed by atoms with Gasteiger partial charge in [0.2, 0.25) is 5.91 Å². The molecule has 214 valence electrons. The second-order valence-electron chi connectivity index (χ2n) is 11.2. The molecule has 1 aromatic carbocycles. The van der Waals surface area contributed by atoms with Crippen molar-refractivity contribution >= 4 is 29.0 Å². The summed E-state index contributed by atoms with van der Waals surface area (Å²) in [6.45, 7) is 4.00. The lowest BCUT2D eigenvalue weighted by molar-refractivity contribution is -0.185. The number of hydrogen-bond donors (Lipinski definition) is 4. The molecule has 0 radical (unpaired) electrons. The molecule has 4 rings (SSSR count). The molecule has 11 heteroatoms. The van der Waals surface area contributed by atoms with Crippen molar-refractivity contribution < 1.29 is 37.7 Å². The first-order chi connectivity index (χ1) is 18.4. The SMILES string of the molecule is C[C@]1(CO)[C@H]2CC[C@@H](O)[C@@H](CC(=O)NCc3cccs3)[C@]2(C)CC[C@H]1OC(=O)Nc1cccc(C(F)(F)F)c1. The summed E-state index contributed by atoms with van der Waals surface area (Å²) in [6.07, 6.45) is -4.73. The standard InChI is InChI=1S/C28H35F3N2O5S/c1-26-11-10-23(38-25(37)33-18-6-3-5-17(13-18)28(29,30)31)27(2,16-34)22(26)9-8-21(35)20(26)14-24(36)32-15-19-7-4-12-39-19/h3-7,12-13,20-23,34-35H,8-11,14-16H2,1-2H3,(H,32,36)(H,33,37)/t20-,21-,22+,23-,26+,27+/m1/s1. The normalized spacial score (nSPS) is 30.7. The number of carbonyl (C=O) groups is 2. The van der Waals surface area contributed by atoms with Crippen LogP contribution in [0.3, 0.4) is 0 Å². The molecule has 2 aliphatic carbocycles. The highest BCUT2D eigenvalue weighted by Crippen LogP contribution is 2.61. The molecule has 6 atom stereocenters. The smallest absolute Gasteiger partial charge is 0.416 e. The van der Waals surface area contributed by atoms with Crippen molar-refractivity contribution in [2.24, 2.45) is 22.7 Å². The number of fused-ring (bicyclic) bond motifs is 1. The van der Waals surface area contributed by atoms with Crippen molar-refractivity contribution in [2.75, 3.05) is 11.9 Å². The number of carbonyl (C=O) groups excluding carboxylic acids is 2. The Bertz CT molecular complexity index is 1160. The molecule has 0 unspecified atom stereocenters. The zero-order valence-electron chi connectivity index (χ0n) is 22.0. The summed E-state index contributed by atoms with van der Waals surface area (Å²) >= 11 is 1.55. The lowest BCUT2D eigenvalue weighted by atomic mass is 9.46. The van der Waals surface area contributed by atoms with Gasteiger partial charge >= 0.3 is 12.3 Å². The first-order valence-corrected chi connectivity index (χ1v) is 14.0. The zero-order chi connectivity index (χ0) is 28.4. The Morgan fingerprint density at radius 3 is 2.59 bits per heavy atom. The third-order valence-electron chi connectivity index (χ3n) is 8.81. The number of aliphatic hydroxyl groups is 2. The van der Waals surface area contributed by atoms with E-state index in [9.17, 15) is 33.0 Å². The number of alkyl halides is 3. The largest absolute Gasteiger partial charge is 0.445 e. The van der Waals surface area contributed by atoms with Gasteiger partial charge in [0.1, 0.15) is 6.10 Å². The fourth-order valence-electron chi connectivity index (χ4n) is 6.70. The van der Waals surface area contributed by atoms with Crippen LogP contribution in [0.5, 0.6) is 0 Å². The van der Waals surface area contributed by atoms with E-state index >= 15 is 0 Å². The maximum Gasteiger partial charge on any atom is 0.416 e. The number of benzene rings is 1. The van der Waals surface area contributed by atoms with Gasteiger partial charge in [-0.2, -0.15) is 13.2 Å². The van der Waals surface area contributed by atoms with Gasteiger partial charge in [-0.3, -0.25) is 10.1 Å². The van der Waals surface area contributed by atoms with E-state index in [0.29, 0.717) is 32.2 Å². The fourth-order valence-corrected chi connectivity index (χ4v) is 7.34. The van der Waals surface area contributed by atoms with E-state index in [2.05, 4.69) is 10.6 Å². The molecule has 2 amide bonds. The topological polar surface area (TPSA) is 108 Å². The summed E-state index contributed by atoms with van der Waals surface area (Å²) in [5, 5.41) is 28.8. The van der Waals surface area contributed by atoms with Crippen LogP contribution in [0.2, 0.25) is 0 Å². The predicted octanol–water partition coefficient (Wildman–Crippen LogP) is 5.58.